The third-order valence-corrected chi connectivity index (χ3v) is 3.91. The van der Waals surface area contributed by atoms with Crippen LogP contribution >= 0.6 is 15.9 Å². The Kier molecular flexibility index (Phi) is 3.36. The highest BCUT2D eigenvalue weighted by atomic mass is 79.9. The van der Waals surface area contributed by atoms with E-state index in [1.54, 1.807) is 0 Å². The van der Waals surface area contributed by atoms with Gasteiger partial charge in [-0.1, -0.05) is 0 Å². The second kappa shape index (κ2) is 4.50. The molecule has 1 aromatic carbocycles. The van der Waals surface area contributed by atoms with Crippen molar-refractivity contribution in [3.05, 3.63) is 22.2 Å². The third-order valence-electron chi connectivity index (χ3n) is 3.27. The van der Waals surface area contributed by atoms with E-state index in [1.807, 2.05) is 13.0 Å². The van der Waals surface area contributed by atoms with Crippen LogP contribution in [0.15, 0.2) is 16.6 Å². The number of rotatable bonds is 1. The summed E-state index contributed by atoms with van der Waals surface area (Å²) < 4.78 is 6.60. The molecule has 0 atom stereocenters. The highest BCUT2D eigenvalue weighted by molar-refractivity contribution is 9.10. The Bertz CT molecular complexity index is 432. The number of nitrogen functional groups attached to an aromatic ring is 1. The summed E-state index contributed by atoms with van der Waals surface area (Å²) in [5.41, 5.74) is 9.07. The number of morpholine rings is 1. The zero-order chi connectivity index (χ0) is 12.6. The highest BCUT2D eigenvalue weighted by Crippen LogP contribution is 2.35. The Morgan fingerprint density at radius 2 is 2.12 bits per heavy atom. The largest absolute Gasteiger partial charge is 0.398 e. The fourth-order valence-electron chi connectivity index (χ4n) is 2.19. The lowest BCUT2D eigenvalue weighted by molar-refractivity contribution is 0.0643. The maximum absolute atomic E-state index is 5.91. The van der Waals surface area contributed by atoms with Gasteiger partial charge in [-0.15, -0.1) is 0 Å². The normalized spacial score (nSPS) is 19.4. The fraction of sp³-hybridized carbons (Fsp3) is 0.538. The van der Waals surface area contributed by atoms with Crippen LogP contribution < -0.4 is 10.6 Å². The maximum atomic E-state index is 5.91. The lowest BCUT2D eigenvalue weighted by atomic mass is 10.0. The molecule has 0 radical (unpaired) electrons. The molecule has 3 nitrogen and oxygen atoms in total. The molecule has 17 heavy (non-hydrogen) atoms. The molecule has 0 amide bonds. The SMILES string of the molecule is Cc1cc(N2CCOCC2(C)C)c(Br)cc1N. The molecule has 2 N–H and O–H groups in total. The van der Waals surface area contributed by atoms with Gasteiger partial charge in [-0.05, 0) is 54.4 Å². The van der Waals surface area contributed by atoms with Crippen molar-refractivity contribution in [1.82, 2.24) is 0 Å². The highest BCUT2D eigenvalue weighted by Gasteiger charge is 2.31. The van der Waals surface area contributed by atoms with Crippen LogP contribution in [0.3, 0.4) is 0 Å². The van der Waals surface area contributed by atoms with Gasteiger partial charge in [0.1, 0.15) is 0 Å². The van der Waals surface area contributed by atoms with Crippen LogP contribution in [0.2, 0.25) is 0 Å². The molecular formula is C13H19BrN2O. The minimum Gasteiger partial charge on any atom is -0.398 e. The predicted octanol–water partition coefficient (Wildman–Crippen LogP) is 2.95. The topological polar surface area (TPSA) is 38.5 Å². The molecule has 0 aliphatic carbocycles. The summed E-state index contributed by atoms with van der Waals surface area (Å²) in [7, 11) is 0. The van der Waals surface area contributed by atoms with Gasteiger partial charge in [-0.25, -0.2) is 0 Å². The number of aryl methyl sites for hydroxylation is 1. The quantitative estimate of drug-likeness (QED) is 0.810. The molecule has 4 heteroatoms. The van der Waals surface area contributed by atoms with Crippen molar-refractivity contribution < 1.29 is 4.74 Å². The zero-order valence-corrected chi connectivity index (χ0v) is 12.2. The number of halogens is 1. The molecule has 1 aromatic rings. The second-order valence-corrected chi connectivity index (χ2v) is 6.03. The molecule has 1 aliphatic rings. The first kappa shape index (κ1) is 12.7. The summed E-state index contributed by atoms with van der Waals surface area (Å²) in [6.07, 6.45) is 0. The molecule has 2 rings (SSSR count). The molecular weight excluding hydrogens is 280 g/mol. The number of hydrogen-bond donors (Lipinski definition) is 1. The minimum atomic E-state index is 0.0172. The number of hydrogen-bond acceptors (Lipinski definition) is 3. The number of nitrogens with two attached hydrogens (primary N) is 1. The van der Waals surface area contributed by atoms with Gasteiger partial charge in [-0.3, -0.25) is 0 Å². The van der Waals surface area contributed by atoms with Gasteiger partial charge in [0.05, 0.1) is 24.4 Å². The van der Waals surface area contributed by atoms with Crippen LogP contribution in [-0.2, 0) is 4.74 Å². The van der Waals surface area contributed by atoms with Crippen molar-refractivity contribution in [2.75, 3.05) is 30.4 Å². The summed E-state index contributed by atoms with van der Waals surface area (Å²) in [6.45, 7) is 8.88. The first-order chi connectivity index (χ1) is 7.92. The molecule has 1 heterocycles. The first-order valence-corrected chi connectivity index (χ1v) is 6.62. The summed E-state index contributed by atoms with van der Waals surface area (Å²) in [4.78, 5) is 2.38. The zero-order valence-electron chi connectivity index (χ0n) is 10.6. The monoisotopic (exact) mass is 298 g/mol. The molecule has 0 aromatic heterocycles. The first-order valence-electron chi connectivity index (χ1n) is 5.83. The van der Waals surface area contributed by atoms with Gasteiger partial charge < -0.3 is 15.4 Å². The van der Waals surface area contributed by atoms with Crippen LogP contribution in [0.5, 0.6) is 0 Å². The number of benzene rings is 1. The van der Waals surface area contributed by atoms with Gasteiger partial charge in [-0.2, -0.15) is 0 Å². The van der Waals surface area contributed by atoms with E-state index < -0.39 is 0 Å². The summed E-state index contributed by atoms with van der Waals surface area (Å²) in [5.74, 6) is 0. The standard InChI is InChI=1S/C13H19BrN2O/c1-9-6-12(10(14)7-11(9)15)16-4-5-17-8-13(16,2)3/h6-7H,4-5,8,15H2,1-3H3. The molecule has 1 fully saturated rings. The van der Waals surface area contributed by atoms with E-state index in [1.165, 1.54) is 5.69 Å². The Hall–Kier alpha value is -0.740. The predicted molar refractivity (Wildman–Crippen MR) is 75.5 cm³/mol. The fourth-order valence-corrected chi connectivity index (χ4v) is 2.77. The van der Waals surface area contributed by atoms with Crippen molar-refractivity contribution in [1.29, 1.82) is 0 Å². The van der Waals surface area contributed by atoms with Gasteiger partial charge in [0.2, 0.25) is 0 Å². The van der Waals surface area contributed by atoms with Crippen LogP contribution in [0.25, 0.3) is 0 Å². The van der Waals surface area contributed by atoms with Crippen LogP contribution in [0.1, 0.15) is 19.4 Å². The van der Waals surface area contributed by atoms with E-state index in [4.69, 9.17) is 10.5 Å². The van der Waals surface area contributed by atoms with Gasteiger partial charge in [0.25, 0.3) is 0 Å². The van der Waals surface area contributed by atoms with E-state index in [0.717, 1.165) is 35.5 Å². The maximum Gasteiger partial charge on any atom is 0.0694 e. The smallest absolute Gasteiger partial charge is 0.0694 e. The molecule has 0 spiro atoms. The van der Waals surface area contributed by atoms with Crippen LogP contribution in [0, 0.1) is 6.92 Å². The summed E-state index contributed by atoms with van der Waals surface area (Å²) in [5, 5.41) is 0. The third kappa shape index (κ3) is 2.43. The van der Waals surface area contributed by atoms with Gasteiger partial charge in [0.15, 0.2) is 0 Å². The Morgan fingerprint density at radius 3 is 2.76 bits per heavy atom. The van der Waals surface area contributed by atoms with E-state index >= 15 is 0 Å². The van der Waals surface area contributed by atoms with Crippen molar-refractivity contribution in [2.45, 2.75) is 26.3 Å². The van der Waals surface area contributed by atoms with E-state index in [-0.39, 0.29) is 5.54 Å². The Labute approximate surface area is 111 Å². The van der Waals surface area contributed by atoms with Crippen molar-refractivity contribution >= 4 is 27.3 Å². The Balaban J connectivity index is 2.42. The molecule has 1 aliphatic heterocycles. The van der Waals surface area contributed by atoms with E-state index in [0.29, 0.717) is 0 Å². The molecule has 0 unspecified atom stereocenters. The lowest BCUT2D eigenvalue weighted by Gasteiger charge is -2.44. The summed E-state index contributed by atoms with van der Waals surface area (Å²) in [6, 6.07) is 4.13. The molecule has 94 valence electrons. The lowest BCUT2D eigenvalue weighted by Crippen LogP contribution is -2.53. The van der Waals surface area contributed by atoms with Crippen molar-refractivity contribution in [2.24, 2.45) is 0 Å². The van der Waals surface area contributed by atoms with Crippen LogP contribution in [0.4, 0.5) is 11.4 Å². The molecule has 1 saturated heterocycles. The minimum absolute atomic E-state index is 0.0172. The van der Waals surface area contributed by atoms with Crippen molar-refractivity contribution in [3.8, 4) is 0 Å². The van der Waals surface area contributed by atoms with E-state index in [9.17, 15) is 0 Å². The van der Waals surface area contributed by atoms with Gasteiger partial charge >= 0.3 is 0 Å². The number of ether oxygens (including phenoxy) is 1. The molecule has 0 bridgehead atoms. The average Bonchev–Trinajstić information content (AvgIpc) is 2.23. The average molecular weight is 299 g/mol. The van der Waals surface area contributed by atoms with Crippen LogP contribution in [-0.4, -0.2) is 25.3 Å². The van der Waals surface area contributed by atoms with Crippen molar-refractivity contribution in [3.63, 3.8) is 0 Å². The summed E-state index contributed by atoms with van der Waals surface area (Å²) >= 11 is 3.61. The number of nitrogens with zero attached hydrogens (tertiary/aromatic N) is 1. The van der Waals surface area contributed by atoms with Gasteiger partial charge in [0, 0.05) is 16.7 Å². The Morgan fingerprint density at radius 1 is 1.41 bits per heavy atom. The second-order valence-electron chi connectivity index (χ2n) is 5.18. The number of anilines is 2. The molecule has 0 saturated carbocycles. The van der Waals surface area contributed by atoms with E-state index in [2.05, 4.69) is 40.7 Å².